The third-order valence-electron chi connectivity index (χ3n) is 3.58. The fourth-order valence-corrected chi connectivity index (χ4v) is 2.31. The highest BCUT2D eigenvalue weighted by Crippen LogP contribution is 2.13. The van der Waals surface area contributed by atoms with Gasteiger partial charge in [0.2, 0.25) is 0 Å². The molecule has 0 heterocycles. The molecule has 0 atom stereocenters. The third kappa shape index (κ3) is 8.55. The Balaban J connectivity index is 0.00000484. The summed E-state index contributed by atoms with van der Waals surface area (Å²) in [6.45, 7) is 15.5. The summed E-state index contributed by atoms with van der Waals surface area (Å²) in [5, 5.41) is 6.66. The van der Waals surface area contributed by atoms with E-state index in [0.717, 1.165) is 32.1 Å². The van der Waals surface area contributed by atoms with Crippen molar-refractivity contribution in [2.24, 2.45) is 4.99 Å². The summed E-state index contributed by atoms with van der Waals surface area (Å²) >= 11 is 0. The molecule has 1 aromatic carbocycles. The van der Waals surface area contributed by atoms with Gasteiger partial charge in [-0.05, 0) is 45.0 Å². The van der Waals surface area contributed by atoms with Gasteiger partial charge < -0.3 is 10.6 Å². The maximum absolute atomic E-state index is 4.72. The quantitative estimate of drug-likeness (QED) is 0.375. The number of guanidine groups is 1. The summed E-state index contributed by atoms with van der Waals surface area (Å²) in [4.78, 5) is 7.15. The van der Waals surface area contributed by atoms with Gasteiger partial charge in [-0.25, -0.2) is 4.99 Å². The van der Waals surface area contributed by atoms with Crippen molar-refractivity contribution in [2.45, 2.75) is 53.8 Å². The number of hydrogen-bond donors (Lipinski definition) is 2. The van der Waals surface area contributed by atoms with Crippen LogP contribution in [-0.4, -0.2) is 36.5 Å². The molecule has 0 aliphatic rings. The Morgan fingerprint density at radius 1 is 1.09 bits per heavy atom. The average molecular weight is 432 g/mol. The normalized spacial score (nSPS) is 11.5. The van der Waals surface area contributed by atoms with Gasteiger partial charge in [0.25, 0.3) is 0 Å². The molecule has 0 fully saturated rings. The van der Waals surface area contributed by atoms with Crippen LogP contribution in [0.15, 0.2) is 29.3 Å². The second kappa shape index (κ2) is 12.6. The van der Waals surface area contributed by atoms with E-state index in [-0.39, 0.29) is 24.0 Å². The zero-order valence-electron chi connectivity index (χ0n) is 15.2. The highest BCUT2D eigenvalue weighted by molar-refractivity contribution is 14.0. The maximum atomic E-state index is 4.72. The first-order valence-electron chi connectivity index (χ1n) is 8.44. The van der Waals surface area contributed by atoms with E-state index in [1.807, 2.05) is 0 Å². The zero-order valence-corrected chi connectivity index (χ0v) is 17.6. The average Bonchev–Trinajstić information content (AvgIpc) is 2.51. The van der Waals surface area contributed by atoms with Crippen molar-refractivity contribution >= 4 is 29.9 Å². The lowest BCUT2D eigenvalue weighted by Gasteiger charge is -2.20. The van der Waals surface area contributed by atoms with E-state index in [1.54, 1.807) is 0 Å². The predicted octanol–water partition coefficient (Wildman–Crippen LogP) is 3.61. The number of nitrogens with zero attached hydrogens (tertiary/aromatic N) is 2. The van der Waals surface area contributed by atoms with Crippen LogP contribution >= 0.6 is 24.0 Å². The molecule has 1 rings (SSSR count). The molecular weight excluding hydrogens is 399 g/mol. The molecule has 1 aromatic rings. The highest BCUT2D eigenvalue weighted by Gasteiger charge is 2.06. The van der Waals surface area contributed by atoms with Gasteiger partial charge in [-0.1, -0.05) is 38.1 Å². The Morgan fingerprint density at radius 2 is 1.70 bits per heavy atom. The van der Waals surface area contributed by atoms with E-state index >= 15 is 0 Å². The Hall–Kier alpha value is -0.820. The monoisotopic (exact) mass is 432 g/mol. The van der Waals surface area contributed by atoms with Crippen molar-refractivity contribution in [3.63, 3.8) is 0 Å². The van der Waals surface area contributed by atoms with Gasteiger partial charge in [-0.15, -0.1) is 24.0 Å². The van der Waals surface area contributed by atoms with Crippen LogP contribution in [0.1, 0.15) is 45.7 Å². The molecule has 5 heteroatoms. The van der Waals surface area contributed by atoms with Crippen LogP contribution in [0, 0.1) is 0 Å². The van der Waals surface area contributed by atoms with E-state index in [0.29, 0.717) is 12.6 Å². The summed E-state index contributed by atoms with van der Waals surface area (Å²) in [7, 11) is 0. The van der Waals surface area contributed by atoms with E-state index in [9.17, 15) is 0 Å². The molecule has 0 amide bonds. The molecule has 2 N–H and O–H groups in total. The molecular formula is C18H33IN4. The summed E-state index contributed by atoms with van der Waals surface area (Å²) in [5.74, 6) is 0.884. The van der Waals surface area contributed by atoms with Crippen molar-refractivity contribution in [1.82, 2.24) is 15.5 Å². The van der Waals surface area contributed by atoms with Crippen molar-refractivity contribution in [1.29, 1.82) is 0 Å². The van der Waals surface area contributed by atoms with Gasteiger partial charge in [-0.2, -0.15) is 0 Å². The second-order valence-corrected chi connectivity index (χ2v) is 5.72. The van der Waals surface area contributed by atoms with Crippen molar-refractivity contribution in [3.8, 4) is 0 Å². The van der Waals surface area contributed by atoms with Gasteiger partial charge in [0.05, 0.1) is 6.54 Å². The molecule has 0 saturated carbocycles. The van der Waals surface area contributed by atoms with Crippen molar-refractivity contribution in [2.75, 3.05) is 19.6 Å². The number of hydrogen-bond acceptors (Lipinski definition) is 2. The smallest absolute Gasteiger partial charge is 0.191 e. The van der Waals surface area contributed by atoms with Gasteiger partial charge in [0.15, 0.2) is 5.96 Å². The summed E-state index contributed by atoms with van der Waals surface area (Å²) in [6, 6.07) is 8.99. The minimum absolute atomic E-state index is 0. The fourth-order valence-electron chi connectivity index (χ4n) is 2.31. The first kappa shape index (κ1) is 22.2. The van der Waals surface area contributed by atoms with Crippen LogP contribution in [0.2, 0.25) is 0 Å². The van der Waals surface area contributed by atoms with Gasteiger partial charge in [-0.3, -0.25) is 4.90 Å². The van der Waals surface area contributed by atoms with E-state index < -0.39 is 0 Å². The molecule has 23 heavy (non-hydrogen) atoms. The van der Waals surface area contributed by atoms with E-state index in [4.69, 9.17) is 4.99 Å². The molecule has 0 aliphatic heterocycles. The zero-order chi connectivity index (χ0) is 16.4. The van der Waals surface area contributed by atoms with Gasteiger partial charge >= 0.3 is 0 Å². The maximum Gasteiger partial charge on any atom is 0.191 e. The van der Waals surface area contributed by atoms with Crippen LogP contribution in [0.25, 0.3) is 0 Å². The lowest BCUT2D eigenvalue weighted by molar-refractivity contribution is 0.295. The van der Waals surface area contributed by atoms with Crippen molar-refractivity contribution < 1.29 is 0 Å². The lowest BCUT2D eigenvalue weighted by Crippen LogP contribution is -2.41. The Labute approximate surface area is 159 Å². The minimum Gasteiger partial charge on any atom is -0.357 e. The van der Waals surface area contributed by atoms with Crippen LogP contribution in [0.4, 0.5) is 0 Å². The second-order valence-electron chi connectivity index (χ2n) is 5.72. The standard InChI is InChI=1S/C18H32N4.HI/c1-6-19-18(21-15(4)5)20-13-16-11-9-10-12-17(16)14-22(7-2)8-3;/h9-12,15H,6-8,13-14H2,1-5H3,(H2,19,20,21);1H. The number of nitrogens with one attached hydrogen (secondary N) is 2. The third-order valence-corrected chi connectivity index (χ3v) is 3.58. The Bertz CT molecular complexity index is 456. The molecule has 132 valence electrons. The SMILES string of the molecule is CCNC(=NCc1ccccc1CN(CC)CC)NC(C)C.I. The molecule has 4 nitrogen and oxygen atoms in total. The highest BCUT2D eigenvalue weighted by atomic mass is 127. The summed E-state index contributed by atoms with van der Waals surface area (Å²) < 4.78 is 0. The number of halogens is 1. The molecule has 0 aromatic heterocycles. The van der Waals surface area contributed by atoms with Crippen molar-refractivity contribution in [3.05, 3.63) is 35.4 Å². The molecule has 0 spiro atoms. The van der Waals surface area contributed by atoms with Crippen LogP contribution in [0.5, 0.6) is 0 Å². The molecule has 0 bridgehead atoms. The predicted molar refractivity (Wildman–Crippen MR) is 112 cm³/mol. The summed E-state index contributed by atoms with van der Waals surface area (Å²) in [5.41, 5.74) is 2.67. The van der Waals surface area contributed by atoms with E-state index in [2.05, 4.69) is 74.4 Å². The molecule has 0 aliphatic carbocycles. The number of aliphatic imine (C=N–C) groups is 1. The lowest BCUT2D eigenvalue weighted by atomic mass is 10.1. The van der Waals surface area contributed by atoms with Crippen LogP contribution in [0.3, 0.4) is 0 Å². The van der Waals surface area contributed by atoms with E-state index in [1.165, 1.54) is 11.1 Å². The molecule has 0 radical (unpaired) electrons. The Morgan fingerprint density at radius 3 is 2.22 bits per heavy atom. The molecule has 0 unspecified atom stereocenters. The van der Waals surface area contributed by atoms with Gasteiger partial charge in [0.1, 0.15) is 0 Å². The first-order chi connectivity index (χ1) is 10.6. The van der Waals surface area contributed by atoms with Crippen LogP contribution < -0.4 is 10.6 Å². The minimum atomic E-state index is 0. The Kier molecular flexibility index (Phi) is 12.1. The largest absolute Gasteiger partial charge is 0.357 e. The summed E-state index contributed by atoms with van der Waals surface area (Å²) in [6.07, 6.45) is 0. The van der Waals surface area contributed by atoms with Crippen LogP contribution in [-0.2, 0) is 13.1 Å². The first-order valence-corrected chi connectivity index (χ1v) is 8.44. The topological polar surface area (TPSA) is 39.7 Å². The number of benzene rings is 1. The molecule has 0 saturated heterocycles. The fraction of sp³-hybridized carbons (Fsp3) is 0.611. The van der Waals surface area contributed by atoms with Gasteiger partial charge in [0, 0.05) is 19.1 Å². The number of rotatable bonds is 8.